The highest BCUT2D eigenvalue weighted by Crippen LogP contribution is 2.16. The number of nitrogens with two attached hydrogens (primary N) is 1. The number of amides is 1. The fourth-order valence-electron chi connectivity index (χ4n) is 1.46. The summed E-state index contributed by atoms with van der Waals surface area (Å²) in [5.74, 6) is 0.309. The second kappa shape index (κ2) is 5.16. The molecular formula is C12H20N2O2. The topological polar surface area (TPSA) is 59.5 Å². The van der Waals surface area contributed by atoms with Crippen LogP contribution in [0.2, 0.25) is 0 Å². The number of rotatable bonds is 5. The van der Waals surface area contributed by atoms with E-state index in [9.17, 15) is 4.79 Å². The van der Waals surface area contributed by atoms with Gasteiger partial charge in [0.1, 0.15) is 0 Å². The lowest BCUT2D eigenvalue weighted by Gasteiger charge is -2.30. The van der Waals surface area contributed by atoms with Gasteiger partial charge < -0.3 is 15.1 Å². The molecule has 0 aromatic carbocycles. The minimum absolute atomic E-state index is 0.0712. The van der Waals surface area contributed by atoms with E-state index < -0.39 is 0 Å². The largest absolute Gasteiger partial charge is 0.459 e. The Morgan fingerprint density at radius 1 is 1.56 bits per heavy atom. The van der Waals surface area contributed by atoms with Crippen molar-refractivity contribution in [2.24, 2.45) is 11.1 Å². The van der Waals surface area contributed by atoms with Crippen LogP contribution in [0.25, 0.3) is 0 Å². The number of furan rings is 1. The Balaban J connectivity index is 2.72. The van der Waals surface area contributed by atoms with E-state index in [1.807, 2.05) is 20.8 Å². The molecular weight excluding hydrogens is 204 g/mol. The van der Waals surface area contributed by atoms with Crippen molar-refractivity contribution in [3.05, 3.63) is 24.2 Å². The van der Waals surface area contributed by atoms with Crippen molar-refractivity contribution in [2.45, 2.75) is 20.8 Å². The number of carbonyl (C=O) groups excluding carboxylic acids is 1. The fraction of sp³-hybridized carbons (Fsp3) is 0.583. The fourth-order valence-corrected chi connectivity index (χ4v) is 1.46. The molecule has 0 aliphatic rings. The third-order valence-corrected chi connectivity index (χ3v) is 2.57. The maximum atomic E-state index is 12.0. The molecule has 0 bridgehead atoms. The van der Waals surface area contributed by atoms with Crippen LogP contribution in [-0.4, -0.2) is 30.4 Å². The highest BCUT2D eigenvalue weighted by atomic mass is 16.3. The number of nitrogens with zero attached hydrogens (tertiary/aromatic N) is 1. The van der Waals surface area contributed by atoms with E-state index in [1.54, 1.807) is 17.0 Å². The first kappa shape index (κ1) is 12.8. The Bertz CT molecular complexity index is 331. The highest BCUT2D eigenvalue weighted by molar-refractivity contribution is 5.91. The summed E-state index contributed by atoms with van der Waals surface area (Å²) in [6.07, 6.45) is 1.51. The van der Waals surface area contributed by atoms with Crippen LogP contribution >= 0.6 is 0 Å². The number of carbonyl (C=O) groups is 1. The Kier molecular flexibility index (Phi) is 4.12. The van der Waals surface area contributed by atoms with E-state index in [1.165, 1.54) is 6.26 Å². The molecule has 1 aromatic heterocycles. The predicted molar refractivity (Wildman–Crippen MR) is 63.1 cm³/mol. The van der Waals surface area contributed by atoms with Crippen molar-refractivity contribution in [2.75, 3.05) is 19.6 Å². The third kappa shape index (κ3) is 3.10. The molecule has 0 saturated heterocycles. The van der Waals surface area contributed by atoms with Gasteiger partial charge in [-0.2, -0.15) is 0 Å². The summed E-state index contributed by atoms with van der Waals surface area (Å²) in [5.41, 5.74) is 5.60. The Morgan fingerprint density at radius 3 is 2.69 bits per heavy atom. The molecule has 1 aromatic rings. The van der Waals surface area contributed by atoms with Crippen LogP contribution in [0, 0.1) is 5.41 Å². The third-order valence-electron chi connectivity index (χ3n) is 2.57. The van der Waals surface area contributed by atoms with Crippen molar-refractivity contribution >= 4 is 5.91 Å². The normalized spacial score (nSPS) is 11.5. The van der Waals surface area contributed by atoms with Crippen molar-refractivity contribution in [3.63, 3.8) is 0 Å². The van der Waals surface area contributed by atoms with E-state index in [0.717, 1.165) is 0 Å². The first-order valence-corrected chi connectivity index (χ1v) is 5.53. The van der Waals surface area contributed by atoms with Crippen molar-refractivity contribution in [1.82, 2.24) is 4.90 Å². The zero-order chi connectivity index (χ0) is 12.2. The number of hydrogen-bond donors (Lipinski definition) is 1. The minimum atomic E-state index is -0.0750. The van der Waals surface area contributed by atoms with Gasteiger partial charge in [-0.3, -0.25) is 4.79 Å². The first-order chi connectivity index (χ1) is 7.50. The lowest BCUT2D eigenvalue weighted by atomic mass is 9.93. The van der Waals surface area contributed by atoms with Crippen LogP contribution in [0.4, 0.5) is 0 Å². The average Bonchev–Trinajstić information content (AvgIpc) is 2.78. The summed E-state index contributed by atoms with van der Waals surface area (Å²) in [6, 6.07) is 3.40. The molecule has 0 radical (unpaired) electrons. The van der Waals surface area contributed by atoms with Gasteiger partial charge in [0.25, 0.3) is 5.91 Å². The lowest BCUT2D eigenvalue weighted by molar-refractivity contribution is 0.0669. The molecule has 0 aliphatic heterocycles. The second-order valence-electron chi connectivity index (χ2n) is 4.66. The maximum Gasteiger partial charge on any atom is 0.289 e. The van der Waals surface area contributed by atoms with Crippen molar-refractivity contribution in [1.29, 1.82) is 0 Å². The monoisotopic (exact) mass is 224 g/mol. The van der Waals surface area contributed by atoms with Gasteiger partial charge in [-0.15, -0.1) is 0 Å². The molecule has 1 heterocycles. The maximum absolute atomic E-state index is 12.0. The Labute approximate surface area is 96.4 Å². The Hall–Kier alpha value is -1.29. The van der Waals surface area contributed by atoms with E-state index in [2.05, 4.69) is 0 Å². The van der Waals surface area contributed by atoms with Crippen molar-refractivity contribution < 1.29 is 9.21 Å². The molecule has 1 amide bonds. The van der Waals surface area contributed by atoms with Crippen molar-refractivity contribution in [3.8, 4) is 0 Å². The molecule has 2 N–H and O–H groups in total. The minimum Gasteiger partial charge on any atom is -0.459 e. The molecule has 4 nitrogen and oxygen atoms in total. The van der Waals surface area contributed by atoms with Gasteiger partial charge in [-0.25, -0.2) is 0 Å². The summed E-state index contributed by atoms with van der Waals surface area (Å²) < 4.78 is 5.10. The average molecular weight is 224 g/mol. The molecule has 0 spiro atoms. The molecule has 0 saturated carbocycles. The van der Waals surface area contributed by atoms with E-state index in [4.69, 9.17) is 10.2 Å². The van der Waals surface area contributed by atoms with Gasteiger partial charge in [0.15, 0.2) is 5.76 Å². The summed E-state index contributed by atoms with van der Waals surface area (Å²) >= 11 is 0. The molecule has 16 heavy (non-hydrogen) atoms. The molecule has 0 aliphatic carbocycles. The molecule has 0 atom stereocenters. The highest BCUT2D eigenvalue weighted by Gasteiger charge is 2.24. The van der Waals surface area contributed by atoms with Crippen LogP contribution in [0.15, 0.2) is 22.8 Å². The van der Waals surface area contributed by atoms with Gasteiger partial charge in [-0.1, -0.05) is 13.8 Å². The smallest absolute Gasteiger partial charge is 0.289 e. The zero-order valence-electron chi connectivity index (χ0n) is 10.2. The standard InChI is InChI=1S/C12H20N2O2/c1-4-14(9-12(2,3)8-13)11(15)10-6-5-7-16-10/h5-7H,4,8-9,13H2,1-3H3. The summed E-state index contributed by atoms with van der Waals surface area (Å²) in [5, 5.41) is 0. The first-order valence-electron chi connectivity index (χ1n) is 5.53. The lowest BCUT2D eigenvalue weighted by Crippen LogP contribution is -2.41. The predicted octanol–water partition coefficient (Wildman–Crippen LogP) is 1.73. The quantitative estimate of drug-likeness (QED) is 0.828. The van der Waals surface area contributed by atoms with Crippen LogP contribution < -0.4 is 5.73 Å². The van der Waals surface area contributed by atoms with Crippen LogP contribution in [0.1, 0.15) is 31.3 Å². The molecule has 4 heteroatoms. The molecule has 0 unspecified atom stereocenters. The van der Waals surface area contributed by atoms with Gasteiger partial charge in [-0.05, 0) is 31.0 Å². The van der Waals surface area contributed by atoms with Gasteiger partial charge in [0.2, 0.25) is 0 Å². The van der Waals surface area contributed by atoms with Crippen LogP contribution in [0.5, 0.6) is 0 Å². The van der Waals surface area contributed by atoms with E-state index in [-0.39, 0.29) is 11.3 Å². The molecule has 90 valence electrons. The van der Waals surface area contributed by atoms with E-state index >= 15 is 0 Å². The Morgan fingerprint density at radius 2 is 2.25 bits per heavy atom. The molecule has 1 rings (SSSR count). The SMILES string of the molecule is CCN(CC(C)(C)CN)C(=O)c1ccco1. The number of hydrogen-bond acceptors (Lipinski definition) is 3. The van der Waals surface area contributed by atoms with Gasteiger partial charge in [0, 0.05) is 13.1 Å². The van der Waals surface area contributed by atoms with Crippen LogP contribution in [0.3, 0.4) is 0 Å². The summed E-state index contributed by atoms with van der Waals surface area (Å²) in [6.45, 7) is 7.89. The zero-order valence-corrected chi connectivity index (χ0v) is 10.2. The van der Waals surface area contributed by atoms with E-state index in [0.29, 0.717) is 25.4 Å². The van der Waals surface area contributed by atoms with Gasteiger partial charge in [0.05, 0.1) is 6.26 Å². The second-order valence-corrected chi connectivity index (χ2v) is 4.66. The van der Waals surface area contributed by atoms with Crippen LogP contribution in [-0.2, 0) is 0 Å². The summed E-state index contributed by atoms with van der Waals surface area (Å²) in [7, 11) is 0. The molecule has 0 fully saturated rings. The summed E-state index contributed by atoms with van der Waals surface area (Å²) in [4.78, 5) is 13.8. The van der Waals surface area contributed by atoms with Gasteiger partial charge >= 0.3 is 0 Å².